The van der Waals surface area contributed by atoms with E-state index in [1.807, 2.05) is 12.1 Å². The van der Waals surface area contributed by atoms with Gasteiger partial charge in [0.2, 0.25) is 0 Å². The summed E-state index contributed by atoms with van der Waals surface area (Å²) in [5.74, 6) is 1.14. The van der Waals surface area contributed by atoms with E-state index in [0.29, 0.717) is 11.8 Å². The highest BCUT2D eigenvalue weighted by Gasteiger charge is 2.31. The molecule has 1 aromatic rings. The van der Waals surface area contributed by atoms with Crippen LogP contribution in [-0.4, -0.2) is 37.0 Å². The van der Waals surface area contributed by atoms with Crippen LogP contribution in [0.2, 0.25) is 0 Å². The minimum absolute atomic E-state index is 0.251. The number of hydrogen-bond donors (Lipinski definition) is 1. The fraction of sp³-hybridized carbons (Fsp3) is 0.632. The van der Waals surface area contributed by atoms with Crippen LogP contribution in [0.5, 0.6) is 5.75 Å². The summed E-state index contributed by atoms with van der Waals surface area (Å²) in [5.41, 5.74) is 1.30. The minimum atomic E-state index is -0.251. The molecule has 1 N–H and O–H groups in total. The first-order valence-electron chi connectivity index (χ1n) is 8.97. The molecule has 4 heteroatoms. The van der Waals surface area contributed by atoms with Gasteiger partial charge in [0.1, 0.15) is 5.75 Å². The van der Waals surface area contributed by atoms with Crippen molar-refractivity contribution in [2.24, 2.45) is 5.92 Å². The molecule has 0 radical (unpaired) electrons. The van der Waals surface area contributed by atoms with Gasteiger partial charge in [0.15, 0.2) is 0 Å². The summed E-state index contributed by atoms with van der Waals surface area (Å²) < 4.78 is 5.31. The average molecular weight is 316 g/mol. The number of piperazine rings is 1. The predicted octanol–water partition coefficient (Wildman–Crippen LogP) is 3.14. The van der Waals surface area contributed by atoms with Gasteiger partial charge in [0.25, 0.3) is 0 Å². The second kappa shape index (κ2) is 7.93. The molecule has 2 aliphatic rings. The molecule has 0 spiro atoms. The number of carbonyl (C=O) groups is 1. The molecule has 0 aromatic heterocycles. The zero-order valence-corrected chi connectivity index (χ0v) is 14.1. The van der Waals surface area contributed by atoms with Crippen LogP contribution in [-0.2, 0) is 4.79 Å². The molecule has 1 saturated carbocycles. The molecule has 3 rings (SSSR count). The first-order chi connectivity index (χ1) is 11.2. The first kappa shape index (κ1) is 16.5. The highest BCUT2D eigenvalue weighted by atomic mass is 16.5. The van der Waals surface area contributed by atoms with Crippen molar-refractivity contribution in [3.05, 3.63) is 29.8 Å². The first-order valence-corrected chi connectivity index (χ1v) is 8.97. The zero-order chi connectivity index (χ0) is 16.1. The Kier molecular flexibility index (Phi) is 5.68. The van der Waals surface area contributed by atoms with E-state index in [0.717, 1.165) is 32.1 Å². The minimum Gasteiger partial charge on any atom is -0.427 e. The molecule has 1 aliphatic carbocycles. The number of esters is 1. The summed E-state index contributed by atoms with van der Waals surface area (Å²) in [7, 11) is 0. The molecule has 1 aromatic carbocycles. The van der Waals surface area contributed by atoms with Gasteiger partial charge in [-0.15, -0.1) is 0 Å². The Morgan fingerprint density at radius 2 is 1.96 bits per heavy atom. The second-order valence-corrected chi connectivity index (χ2v) is 6.80. The van der Waals surface area contributed by atoms with E-state index >= 15 is 0 Å². The fourth-order valence-electron chi connectivity index (χ4n) is 4.12. The van der Waals surface area contributed by atoms with E-state index in [9.17, 15) is 4.79 Å². The molecule has 126 valence electrons. The second-order valence-electron chi connectivity index (χ2n) is 6.80. The van der Waals surface area contributed by atoms with Crippen LogP contribution >= 0.6 is 0 Å². The molecule has 23 heavy (non-hydrogen) atoms. The van der Waals surface area contributed by atoms with Gasteiger partial charge in [-0.3, -0.25) is 9.69 Å². The maximum absolute atomic E-state index is 11.3. The topological polar surface area (TPSA) is 41.6 Å². The van der Waals surface area contributed by atoms with Crippen LogP contribution in [0.3, 0.4) is 0 Å². The zero-order valence-electron chi connectivity index (χ0n) is 14.1. The van der Waals surface area contributed by atoms with Crippen molar-refractivity contribution in [1.82, 2.24) is 10.2 Å². The predicted molar refractivity (Wildman–Crippen MR) is 91.5 cm³/mol. The van der Waals surface area contributed by atoms with Crippen molar-refractivity contribution in [2.75, 3.05) is 26.2 Å². The molecular formula is C19H28N2O2. The summed E-state index contributed by atoms with van der Waals surface area (Å²) in [6.07, 6.45) is 6.69. The lowest BCUT2D eigenvalue weighted by Gasteiger charge is -2.41. The van der Waals surface area contributed by atoms with Gasteiger partial charge in [-0.25, -0.2) is 0 Å². The molecule has 1 heterocycles. The van der Waals surface area contributed by atoms with Crippen molar-refractivity contribution in [3.8, 4) is 5.75 Å². The normalized spacial score (nSPS) is 21.8. The monoisotopic (exact) mass is 316 g/mol. The van der Waals surface area contributed by atoms with Gasteiger partial charge in [0, 0.05) is 39.1 Å². The number of rotatable bonds is 4. The Labute approximate surface area is 139 Å². The van der Waals surface area contributed by atoms with E-state index in [1.165, 1.54) is 44.6 Å². The molecule has 0 bridgehead atoms. The SMILES string of the molecule is CC(=O)Oc1cccc([C@@H](C2CCCCC2)N2CCNCC2)c1. The highest BCUT2D eigenvalue weighted by molar-refractivity contribution is 5.69. The van der Waals surface area contributed by atoms with Crippen molar-refractivity contribution in [2.45, 2.75) is 45.1 Å². The quantitative estimate of drug-likeness (QED) is 0.684. The van der Waals surface area contributed by atoms with Crippen molar-refractivity contribution >= 4 is 5.97 Å². The number of ether oxygens (including phenoxy) is 1. The van der Waals surface area contributed by atoms with E-state index < -0.39 is 0 Å². The Morgan fingerprint density at radius 3 is 2.65 bits per heavy atom. The summed E-state index contributed by atoms with van der Waals surface area (Å²) in [4.78, 5) is 13.9. The lowest BCUT2D eigenvalue weighted by molar-refractivity contribution is -0.131. The van der Waals surface area contributed by atoms with Crippen LogP contribution in [0.25, 0.3) is 0 Å². The molecule has 0 unspecified atom stereocenters. The molecule has 1 atom stereocenters. The van der Waals surface area contributed by atoms with Gasteiger partial charge in [0.05, 0.1) is 0 Å². The Balaban J connectivity index is 1.85. The number of nitrogens with zero attached hydrogens (tertiary/aromatic N) is 1. The third-order valence-corrected chi connectivity index (χ3v) is 5.10. The van der Waals surface area contributed by atoms with Crippen LogP contribution in [0.1, 0.15) is 50.6 Å². The molecule has 2 fully saturated rings. The van der Waals surface area contributed by atoms with Crippen molar-refractivity contribution in [1.29, 1.82) is 0 Å². The van der Waals surface area contributed by atoms with Crippen LogP contribution in [0.4, 0.5) is 0 Å². The molecular weight excluding hydrogens is 288 g/mol. The van der Waals surface area contributed by atoms with Crippen molar-refractivity contribution < 1.29 is 9.53 Å². The largest absolute Gasteiger partial charge is 0.427 e. The van der Waals surface area contributed by atoms with Crippen molar-refractivity contribution in [3.63, 3.8) is 0 Å². The maximum Gasteiger partial charge on any atom is 0.308 e. The third kappa shape index (κ3) is 4.33. The third-order valence-electron chi connectivity index (χ3n) is 5.10. The van der Waals surface area contributed by atoms with E-state index in [4.69, 9.17) is 4.74 Å². The summed E-state index contributed by atoms with van der Waals surface area (Å²) in [6.45, 7) is 5.78. The summed E-state index contributed by atoms with van der Waals surface area (Å²) in [6, 6.07) is 8.62. The van der Waals surface area contributed by atoms with Gasteiger partial charge in [-0.2, -0.15) is 0 Å². The van der Waals surface area contributed by atoms with Crippen LogP contribution in [0, 0.1) is 5.92 Å². The lowest BCUT2D eigenvalue weighted by atomic mass is 9.80. The average Bonchev–Trinajstić information content (AvgIpc) is 2.57. The number of benzene rings is 1. The van der Waals surface area contributed by atoms with Crippen LogP contribution in [0.15, 0.2) is 24.3 Å². The molecule has 1 saturated heterocycles. The number of nitrogens with one attached hydrogen (secondary N) is 1. The summed E-state index contributed by atoms with van der Waals surface area (Å²) in [5, 5.41) is 3.45. The summed E-state index contributed by atoms with van der Waals surface area (Å²) >= 11 is 0. The van der Waals surface area contributed by atoms with Gasteiger partial charge >= 0.3 is 5.97 Å². The van der Waals surface area contributed by atoms with Gasteiger partial charge < -0.3 is 10.1 Å². The smallest absolute Gasteiger partial charge is 0.308 e. The Bertz CT molecular complexity index is 502. The number of carbonyl (C=O) groups excluding carboxylic acids is 1. The highest BCUT2D eigenvalue weighted by Crippen LogP contribution is 2.39. The Morgan fingerprint density at radius 1 is 1.22 bits per heavy atom. The number of hydrogen-bond acceptors (Lipinski definition) is 4. The molecule has 4 nitrogen and oxygen atoms in total. The fourth-order valence-corrected chi connectivity index (χ4v) is 4.12. The van der Waals surface area contributed by atoms with E-state index in [2.05, 4.69) is 22.3 Å². The van der Waals surface area contributed by atoms with Crippen LogP contribution < -0.4 is 10.1 Å². The van der Waals surface area contributed by atoms with Gasteiger partial charge in [-0.05, 0) is 36.5 Å². The maximum atomic E-state index is 11.3. The van der Waals surface area contributed by atoms with E-state index in [1.54, 1.807) is 0 Å². The van der Waals surface area contributed by atoms with Gasteiger partial charge in [-0.1, -0.05) is 31.4 Å². The Hall–Kier alpha value is -1.39. The lowest BCUT2D eigenvalue weighted by Crippen LogP contribution is -2.47. The van der Waals surface area contributed by atoms with E-state index in [-0.39, 0.29) is 5.97 Å². The molecule has 0 amide bonds. The standard InChI is InChI=1S/C19H28N2O2/c1-15(22)23-18-9-5-8-17(14-18)19(16-6-3-2-4-7-16)21-12-10-20-11-13-21/h5,8-9,14,16,19-20H,2-4,6-7,10-13H2,1H3/t19-/m1/s1. The molecule has 1 aliphatic heterocycles.